The molecule has 12 heteroatoms. The van der Waals surface area contributed by atoms with Crippen molar-refractivity contribution in [2.24, 2.45) is 18.0 Å². The van der Waals surface area contributed by atoms with Crippen LogP contribution in [0.4, 0.5) is 4.79 Å². The van der Waals surface area contributed by atoms with Gasteiger partial charge in [-0.15, -0.1) is 4.99 Å². The van der Waals surface area contributed by atoms with E-state index in [4.69, 9.17) is 25.8 Å². The molecule has 0 saturated carbocycles. The highest BCUT2D eigenvalue weighted by atomic mass is 79.9. The molecule has 218 valence electrons. The highest BCUT2D eigenvalue weighted by Crippen LogP contribution is 2.37. The summed E-state index contributed by atoms with van der Waals surface area (Å²) < 4.78 is 25.6. The van der Waals surface area contributed by atoms with E-state index in [1.807, 2.05) is 12.1 Å². The topological polar surface area (TPSA) is 110 Å². The first-order valence-electron chi connectivity index (χ1n) is 12.8. The first-order chi connectivity index (χ1) is 19.3. The molecule has 41 heavy (non-hydrogen) atoms. The van der Waals surface area contributed by atoms with Crippen LogP contribution in [-0.4, -0.2) is 52.9 Å². The fourth-order valence-corrected chi connectivity index (χ4v) is 5.11. The maximum absolute atomic E-state index is 13.6. The third kappa shape index (κ3) is 7.59. The van der Waals surface area contributed by atoms with Gasteiger partial charge < -0.3 is 28.1 Å². The van der Waals surface area contributed by atoms with Crippen LogP contribution in [0.5, 0.6) is 11.5 Å². The molecule has 3 aromatic rings. The number of halogens is 2. The van der Waals surface area contributed by atoms with E-state index in [9.17, 15) is 14.4 Å². The smallest absolute Gasteiger partial charge is 0.437 e. The van der Waals surface area contributed by atoms with Gasteiger partial charge in [-0.25, -0.2) is 9.59 Å². The van der Waals surface area contributed by atoms with E-state index in [1.54, 1.807) is 67.5 Å². The van der Waals surface area contributed by atoms with Crippen molar-refractivity contribution in [3.05, 3.63) is 74.5 Å². The summed E-state index contributed by atoms with van der Waals surface area (Å²) >= 11 is 9.77. The van der Waals surface area contributed by atoms with E-state index in [2.05, 4.69) is 25.7 Å². The first kappa shape index (κ1) is 30.4. The van der Waals surface area contributed by atoms with Crippen molar-refractivity contribution in [2.45, 2.75) is 39.3 Å². The summed E-state index contributed by atoms with van der Waals surface area (Å²) in [6.07, 6.45) is 3.29. The molecule has 1 amide bonds. The molecule has 1 aliphatic rings. The zero-order chi connectivity index (χ0) is 29.9. The summed E-state index contributed by atoms with van der Waals surface area (Å²) in [6.45, 7) is 5.62. The van der Waals surface area contributed by atoms with Crippen molar-refractivity contribution in [1.29, 1.82) is 0 Å². The van der Waals surface area contributed by atoms with Gasteiger partial charge in [0.25, 0.3) is 0 Å². The summed E-state index contributed by atoms with van der Waals surface area (Å²) in [4.78, 5) is 41.6. The van der Waals surface area contributed by atoms with Crippen molar-refractivity contribution >= 4 is 45.4 Å². The van der Waals surface area contributed by atoms with Crippen LogP contribution >= 0.6 is 27.5 Å². The lowest BCUT2D eigenvalue weighted by molar-refractivity contribution is -0.142. The van der Waals surface area contributed by atoms with Gasteiger partial charge in [-0.1, -0.05) is 17.7 Å². The molecule has 4 rings (SSSR count). The lowest BCUT2D eigenvalue weighted by Gasteiger charge is -2.26. The number of aromatic nitrogens is 2. The molecule has 0 N–H and O–H groups in total. The molecule has 1 atom stereocenters. The maximum atomic E-state index is 13.6. The average molecular weight is 649 g/mol. The van der Waals surface area contributed by atoms with Crippen molar-refractivity contribution in [3.8, 4) is 11.5 Å². The van der Waals surface area contributed by atoms with Crippen LogP contribution in [0.2, 0.25) is 5.02 Å². The second-order valence-electron chi connectivity index (χ2n) is 10.6. The molecule has 0 fully saturated rings. The number of amides is 1. The number of hydrogen-bond acceptors (Lipinski definition) is 7. The average Bonchev–Trinajstić information content (AvgIpc) is 3.23. The van der Waals surface area contributed by atoms with Gasteiger partial charge in [0.1, 0.15) is 17.1 Å². The van der Waals surface area contributed by atoms with E-state index in [-0.39, 0.29) is 19.0 Å². The Labute approximate surface area is 251 Å². The van der Waals surface area contributed by atoms with Gasteiger partial charge in [-0.3, -0.25) is 4.79 Å². The number of rotatable bonds is 7. The summed E-state index contributed by atoms with van der Waals surface area (Å²) in [5, 5.41) is 0.346. The van der Waals surface area contributed by atoms with Gasteiger partial charge in [-0.05, 0) is 78.5 Å². The fraction of sp³-hybridized carbons (Fsp3) is 0.379. The van der Waals surface area contributed by atoms with Crippen molar-refractivity contribution in [2.75, 3.05) is 20.3 Å². The van der Waals surface area contributed by atoms with E-state index in [0.717, 1.165) is 11.1 Å². The number of aryl methyl sites for hydroxylation is 1. The zero-order valence-corrected chi connectivity index (χ0v) is 25.7. The number of carbonyl (C=O) groups excluding carboxylic acids is 3. The molecule has 2 heterocycles. The number of esters is 1. The standard InChI is InChI=1S/C29H31BrClN3O7/c1-29(2,3)41-28(37)32-27-33(4)8-9-34(27)14-18-11-20-25(36)19(15-40-26(20)21(30)12-18)10-17-6-7-22(31)23(13-17)39-16-24(35)38-5/h6-9,11-13,19H,10,14-16H2,1-5H3/b32-27-. The Morgan fingerprint density at radius 3 is 2.63 bits per heavy atom. The summed E-state index contributed by atoms with van der Waals surface area (Å²) in [5.41, 5.74) is 1.82. The number of imidazole rings is 1. The SMILES string of the molecule is COC(=O)COc1cc(CC2COc3c(Br)cc(Cn4ccn(C)/c4=N/C(=O)OC(C)(C)C)cc3C2=O)ccc1Cl. The molecular formula is C29H31BrClN3O7. The van der Waals surface area contributed by atoms with Crippen LogP contribution in [0, 0.1) is 5.92 Å². The normalized spacial score (nSPS) is 15.2. The van der Waals surface area contributed by atoms with Gasteiger partial charge in [0.15, 0.2) is 12.4 Å². The number of nitrogens with zero attached hydrogens (tertiary/aromatic N) is 3. The van der Waals surface area contributed by atoms with Gasteiger partial charge in [-0.2, -0.15) is 0 Å². The number of hydrogen-bond donors (Lipinski definition) is 0. The molecule has 0 saturated heterocycles. The zero-order valence-electron chi connectivity index (χ0n) is 23.4. The molecule has 2 aromatic carbocycles. The minimum absolute atomic E-state index is 0.0579. The van der Waals surface area contributed by atoms with E-state index in [1.165, 1.54) is 7.11 Å². The van der Waals surface area contributed by atoms with Crippen molar-refractivity contribution < 1.29 is 33.3 Å². The molecule has 0 bridgehead atoms. The van der Waals surface area contributed by atoms with Crippen LogP contribution in [0.25, 0.3) is 0 Å². The van der Waals surface area contributed by atoms with Crippen LogP contribution in [0.15, 0.2) is 52.2 Å². The second kappa shape index (κ2) is 12.5. The highest BCUT2D eigenvalue weighted by molar-refractivity contribution is 9.10. The number of carbonyl (C=O) groups is 3. The molecule has 1 aromatic heterocycles. The Bertz CT molecular complexity index is 1550. The molecule has 1 aliphatic heterocycles. The van der Waals surface area contributed by atoms with Crippen LogP contribution in [0.1, 0.15) is 42.3 Å². The fourth-order valence-electron chi connectivity index (χ4n) is 4.31. The Balaban J connectivity index is 1.55. The number of ketones is 1. The Morgan fingerprint density at radius 2 is 1.93 bits per heavy atom. The van der Waals surface area contributed by atoms with E-state index >= 15 is 0 Å². The predicted octanol–water partition coefficient (Wildman–Crippen LogP) is 5.11. The molecule has 0 aliphatic carbocycles. The number of methoxy groups -OCH3 is 1. The molecule has 0 spiro atoms. The van der Waals surface area contributed by atoms with Crippen LogP contribution in [0.3, 0.4) is 0 Å². The number of ether oxygens (including phenoxy) is 4. The minimum atomic E-state index is -0.688. The summed E-state index contributed by atoms with van der Waals surface area (Å²) in [5.74, 6) is -0.208. The molecular weight excluding hydrogens is 618 g/mol. The number of Topliss-reactive ketones (excluding diaryl/α,β-unsaturated/α-hetero) is 1. The third-order valence-corrected chi connectivity index (χ3v) is 7.10. The predicted molar refractivity (Wildman–Crippen MR) is 154 cm³/mol. The minimum Gasteiger partial charge on any atom is -0.491 e. The highest BCUT2D eigenvalue weighted by Gasteiger charge is 2.31. The van der Waals surface area contributed by atoms with Crippen LogP contribution in [-0.2, 0) is 34.3 Å². The van der Waals surface area contributed by atoms with E-state index in [0.29, 0.717) is 45.1 Å². The molecule has 10 nitrogen and oxygen atoms in total. The van der Waals surface area contributed by atoms with Gasteiger partial charge in [0.05, 0.1) is 41.2 Å². The number of benzene rings is 2. The van der Waals surface area contributed by atoms with Gasteiger partial charge in [0, 0.05) is 19.4 Å². The third-order valence-electron chi connectivity index (χ3n) is 6.20. The van der Waals surface area contributed by atoms with Gasteiger partial charge in [0.2, 0.25) is 5.62 Å². The maximum Gasteiger partial charge on any atom is 0.437 e. The van der Waals surface area contributed by atoms with Crippen LogP contribution < -0.4 is 15.1 Å². The summed E-state index contributed by atoms with van der Waals surface area (Å²) in [7, 11) is 3.06. The van der Waals surface area contributed by atoms with Gasteiger partial charge >= 0.3 is 12.1 Å². The molecule has 1 unspecified atom stereocenters. The monoisotopic (exact) mass is 647 g/mol. The lowest BCUT2D eigenvalue weighted by Crippen LogP contribution is -2.30. The second-order valence-corrected chi connectivity index (χ2v) is 11.9. The Hall–Kier alpha value is -3.57. The Morgan fingerprint density at radius 1 is 1.17 bits per heavy atom. The van der Waals surface area contributed by atoms with E-state index < -0.39 is 23.6 Å². The van der Waals surface area contributed by atoms with Crippen molar-refractivity contribution in [3.63, 3.8) is 0 Å². The lowest BCUT2D eigenvalue weighted by atomic mass is 9.89. The summed E-state index contributed by atoms with van der Waals surface area (Å²) in [6, 6.07) is 8.87. The molecule has 0 radical (unpaired) electrons. The number of fused-ring (bicyclic) bond motifs is 1. The van der Waals surface area contributed by atoms with Crippen molar-refractivity contribution in [1.82, 2.24) is 9.13 Å². The Kier molecular flexibility index (Phi) is 9.28. The quantitative estimate of drug-likeness (QED) is 0.328. The first-order valence-corrected chi connectivity index (χ1v) is 14.0. The largest absolute Gasteiger partial charge is 0.491 e.